The minimum Gasteiger partial charge on any atom is -0.384 e. The van der Waals surface area contributed by atoms with Gasteiger partial charge in [0, 0.05) is 36.3 Å². The summed E-state index contributed by atoms with van der Waals surface area (Å²) in [6.07, 6.45) is 0. The number of nitrogens with one attached hydrogen (secondary N) is 1. The van der Waals surface area contributed by atoms with Crippen LogP contribution in [0.2, 0.25) is 0 Å². The fourth-order valence-electron chi connectivity index (χ4n) is 2.49. The van der Waals surface area contributed by atoms with Gasteiger partial charge in [-0.3, -0.25) is 4.90 Å². The van der Waals surface area contributed by atoms with E-state index in [0.717, 1.165) is 30.7 Å². The zero-order chi connectivity index (χ0) is 13.1. The number of hydrogen-bond donors (Lipinski definition) is 1. The molecule has 1 heterocycles. The van der Waals surface area contributed by atoms with Gasteiger partial charge in [-0.2, -0.15) is 0 Å². The van der Waals surface area contributed by atoms with E-state index < -0.39 is 0 Å². The van der Waals surface area contributed by atoms with Crippen molar-refractivity contribution >= 4 is 21.6 Å². The Morgan fingerprint density at radius 3 is 2.21 bits per heavy atom. The largest absolute Gasteiger partial charge is 0.384 e. The van der Waals surface area contributed by atoms with Crippen LogP contribution in [0.3, 0.4) is 0 Å². The third kappa shape index (κ3) is 3.17. The van der Waals surface area contributed by atoms with Crippen LogP contribution in [-0.2, 0) is 13.1 Å². The lowest BCUT2D eigenvalue weighted by Gasteiger charge is -2.15. The highest BCUT2D eigenvalue weighted by Gasteiger charge is 2.17. The Balaban J connectivity index is 1.48. The average molecular weight is 317 g/mol. The van der Waals surface area contributed by atoms with Gasteiger partial charge >= 0.3 is 0 Å². The summed E-state index contributed by atoms with van der Waals surface area (Å²) in [6, 6.07) is 17.0. The molecule has 0 saturated heterocycles. The summed E-state index contributed by atoms with van der Waals surface area (Å²) in [5, 5.41) is 3.46. The molecule has 0 aromatic heterocycles. The second kappa shape index (κ2) is 5.76. The molecule has 1 aliphatic heterocycles. The van der Waals surface area contributed by atoms with E-state index in [1.807, 2.05) is 0 Å². The number of fused-ring (bicyclic) bond motifs is 1. The predicted octanol–water partition coefficient (Wildman–Crippen LogP) is 3.88. The number of rotatable bonds is 4. The molecule has 0 radical (unpaired) electrons. The number of halogens is 1. The molecule has 0 aliphatic carbocycles. The standard InChI is InChI=1S/C16H17BrN2/c17-15-5-7-16(8-6-15)18-9-10-19-11-13-3-1-2-4-14(13)12-19/h1-8,18H,9-12H2. The molecule has 0 amide bonds. The first kappa shape index (κ1) is 12.7. The first-order valence-corrected chi connectivity index (χ1v) is 7.39. The van der Waals surface area contributed by atoms with Gasteiger partial charge in [0.1, 0.15) is 0 Å². The fourth-order valence-corrected chi connectivity index (χ4v) is 2.75. The van der Waals surface area contributed by atoms with E-state index >= 15 is 0 Å². The molecular formula is C16H17BrN2. The fraction of sp³-hybridized carbons (Fsp3) is 0.250. The van der Waals surface area contributed by atoms with E-state index in [-0.39, 0.29) is 0 Å². The third-order valence-electron chi connectivity index (χ3n) is 3.51. The van der Waals surface area contributed by atoms with E-state index in [2.05, 4.69) is 74.7 Å². The van der Waals surface area contributed by atoms with Gasteiger partial charge < -0.3 is 5.32 Å². The Kier molecular flexibility index (Phi) is 3.85. The van der Waals surface area contributed by atoms with Gasteiger partial charge in [-0.05, 0) is 35.4 Å². The lowest BCUT2D eigenvalue weighted by atomic mass is 10.1. The molecule has 0 fully saturated rings. The molecule has 0 spiro atoms. The molecule has 0 saturated carbocycles. The van der Waals surface area contributed by atoms with Crippen LogP contribution in [0.4, 0.5) is 5.69 Å². The van der Waals surface area contributed by atoms with Gasteiger partial charge in [-0.1, -0.05) is 40.2 Å². The van der Waals surface area contributed by atoms with Crippen LogP contribution >= 0.6 is 15.9 Å². The minimum atomic E-state index is 0.982. The van der Waals surface area contributed by atoms with Crippen molar-refractivity contribution in [2.75, 3.05) is 18.4 Å². The van der Waals surface area contributed by atoms with Crippen molar-refractivity contribution in [1.29, 1.82) is 0 Å². The quantitative estimate of drug-likeness (QED) is 0.921. The van der Waals surface area contributed by atoms with Gasteiger partial charge in [0.15, 0.2) is 0 Å². The first-order chi connectivity index (χ1) is 9.31. The van der Waals surface area contributed by atoms with Crippen molar-refractivity contribution in [3.8, 4) is 0 Å². The van der Waals surface area contributed by atoms with E-state index in [0.29, 0.717) is 0 Å². The van der Waals surface area contributed by atoms with Gasteiger partial charge in [-0.15, -0.1) is 0 Å². The molecule has 2 aromatic rings. The summed E-state index contributed by atoms with van der Waals surface area (Å²) in [7, 11) is 0. The van der Waals surface area contributed by atoms with E-state index in [9.17, 15) is 0 Å². The highest BCUT2D eigenvalue weighted by molar-refractivity contribution is 9.10. The van der Waals surface area contributed by atoms with Crippen molar-refractivity contribution in [2.45, 2.75) is 13.1 Å². The summed E-state index contributed by atoms with van der Waals surface area (Å²) in [6.45, 7) is 4.22. The second-order valence-electron chi connectivity index (χ2n) is 4.91. The van der Waals surface area contributed by atoms with Crippen LogP contribution in [-0.4, -0.2) is 18.0 Å². The summed E-state index contributed by atoms with van der Waals surface area (Å²) >= 11 is 3.45. The summed E-state index contributed by atoms with van der Waals surface area (Å²) in [5.41, 5.74) is 4.14. The van der Waals surface area contributed by atoms with Crippen LogP contribution in [0, 0.1) is 0 Å². The number of hydrogen-bond acceptors (Lipinski definition) is 2. The normalized spacial score (nSPS) is 14.4. The van der Waals surface area contributed by atoms with Crippen LogP contribution in [0.1, 0.15) is 11.1 Å². The maximum atomic E-state index is 3.46. The summed E-state index contributed by atoms with van der Waals surface area (Å²) < 4.78 is 1.12. The Labute approximate surface area is 122 Å². The Morgan fingerprint density at radius 1 is 0.947 bits per heavy atom. The summed E-state index contributed by atoms with van der Waals surface area (Å²) in [5.74, 6) is 0. The lowest BCUT2D eigenvalue weighted by Crippen LogP contribution is -2.23. The Morgan fingerprint density at radius 2 is 1.58 bits per heavy atom. The minimum absolute atomic E-state index is 0.982. The Hall–Kier alpha value is -1.32. The smallest absolute Gasteiger partial charge is 0.0341 e. The van der Waals surface area contributed by atoms with Gasteiger partial charge in [0.25, 0.3) is 0 Å². The molecule has 19 heavy (non-hydrogen) atoms. The van der Waals surface area contributed by atoms with E-state index in [1.165, 1.54) is 16.8 Å². The van der Waals surface area contributed by atoms with Crippen molar-refractivity contribution < 1.29 is 0 Å². The predicted molar refractivity (Wildman–Crippen MR) is 83.2 cm³/mol. The monoisotopic (exact) mass is 316 g/mol. The van der Waals surface area contributed by atoms with Crippen molar-refractivity contribution in [3.63, 3.8) is 0 Å². The topological polar surface area (TPSA) is 15.3 Å². The molecule has 98 valence electrons. The molecule has 1 aliphatic rings. The zero-order valence-electron chi connectivity index (χ0n) is 10.8. The summed E-state index contributed by atoms with van der Waals surface area (Å²) in [4.78, 5) is 2.48. The SMILES string of the molecule is Brc1ccc(NCCN2Cc3ccccc3C2)cc1. The molecular weight excluding hydrogens is 300 g/mol. The van der Waals surface area contributed by atoms with Crippen LogP contribution in [0.5, 0.6) is 0 Å². The molecule has 2 aromatic carbocycles. The molecule has 0 unspecified atom stereocenters. The molecule has 3 heteroatoms. The van der Waals surface area contributed by atoms with Gasteiger partial charge in [0.05, 0.1) is 0 Å². The molecule has 3 rings (SSSR count). The maximum absolute atomic E-state index is 3.46. The van der Waals surface area contributed by atoms with Crippen molar-refractivity contribution in [1.82, 2.24) is 4.90 Å². The van der Waals surface area contributed by atoms with E-state index in [4.69, 9.17) is 0 Å². The Bertz CT molecular complexity index is 526. The van der Waals surface area contributed by atoms with Gasteiger partial charge in [-0.25, -0.2) is 0 Å². The first-order valence-electron chi connectivity index (χ1n) is 6.60. The van der Waals surface area contributed by atoms with Gasteiger partial charge in [0.2, 0.25) is 0 Å². The van der Waals surface area contributed by atoms with Crippen molar-refractivity contribution in [3.05, 3.63) is 64.1 Å². The molecule has 0 atom stereocenters. The highest BCUT2D eigenvalue weighted by Crippen LogP contribution is 2.21. The molecule has 1 N–H and O–H groups in total. The van der Waals surface area contributed by atoms with Crippen LogP contribution in [0.15, 0.2) is 53.0 Å². The number of nitrogens with zero attached hydrogens (tertiary/aromatic N) is 1. The number of benzene rings is 2. The van der Waals surface area contributed by atoms with Crippen LogP contribution < -0.4 is 5.32 Å². The molecule has 0 bridgehead atoms. The van der Waals surface area contributed by atoms with Crippen LogP contribution in [0.25, 0.3) is 0 Å². The van der Waals surface area contributed by atoms with Crippen molar-refractivity contribution in [2.24, 2.45) is 0 Å². The lowest BCUT2D eigenvalue weighted by molar-refractivity contribution is 0.296. The maximum Gasteiger partial charge on any atom is 0.0341 e. The third-order valence-corrected chi connectivity index (χ3v) is 4.04. The second-order valence-corrected chi connectivity index (χ2v) is 5.83. The molecule has 2 nitrogen and oxygen atoms in total. The van der Waals surface area contributed by atoms with E-state index in [1.54, 1.807) is 0 Å². The number of anilines is 1. The highest BCUT2D eigenvalue weighted by atomic mass is 79.9. The zero-order valence-corrected chi connectivity index (χ0v) is 12.4. The average Bonchev–Trinajstić information content (AvgIpc) is 2.83.